The number of carbonyl (C=O) groups excluding carboxylic acids is 1. The second-order valence-electron chi connectivity index (χ2n) is 4.04. The minimum Gasteiger partial charge on any atom is -0.478 e. The van der Waals surface area contributed by atoms with Gasteiger partial charge in [-0.15, -0.1) is 0 Å². The van der Waals surface area contributed by atoms with Crippen molar-refractivity contribution in [3.05, 3.63) is 59.4 Å². The Morgan fingerprint density at radius 2 is 1.80 bits per heavy atom. The van der Waals surface area contributed by atoms with Crippen molar-refractivity contribution in [3.63, 3.8) is 0 Å². The number of carbonyl (C=O) groups is 2. The number of carboxylic acid groups (broad SMARTS) is 1. The van der Waals surface area contributed by atoms with Crippen molar-refractivity contribution in [2.75, 3.05) is 11.1 Å². The Morgan fingerprint density at radius 3 is 2.45 bits per heavy atom. The number of aromatic carboxylic acids is 1. The molecule has 0 heterocycles. The van der Waals surface area contributed by atoms with Crippen LogP contribution in [0, 0.1) is 5.82 Å². The number of hydrogen-bond acceptors (Lipinski definition) is 3. The number of amides is 1. The van der Waals surface area contributed by atoms with E-state index in [1.807, 2.05) is 0 Å². The minimum atomic E-state index is -1.26. The zero-order valence-corrected chi connectivity index (χ0v) is 10.3. The summed E-state index contributed by atoms with van der Waals surface area (Å²) in [6.07, 6.45) is 0. The Bertz CT molecular complexity index is 686. The monoisotopic (exact) mass is 274 g/mol. The number of hydrogen-bond donors (Lipinski definition) is 3. The average molecular weight is 274 g/mol. The molecule has 102 valence electrons. The van der Waals surface area contributed by atoms with Gasteiger partial charge in [-0.3, -0.25) is 4.79 Å². The van der Waals surface area contributed by atoms with Gasteiger partial charge in [0.25, 0.3) is 5.91 Å². The highest BCUT2D eigenvalue weighted by Gasteiger charge is 2.15. The van der Waals surface area contributed by atoms with Gasteiger partial charge in [0.2, 0.25) is 0 Å². The number of anilines is 2. The summed E-state index contributed by atoms with van der Waals surface area (Å²) in [6.45, 7) is 0. The summed E-state index contributed by atoms with van der Waals surface area (Å²) in [5.41, 5.74) is 5.77. The number of halogens is 1. The lowest BCUT2D eigenvalue weighted by Crippen LogP contribution is -2.16. The van der Waals surface area contributed by atoms with Gasteiger partial charge in [0, 0.05) is 5.69 Å². The van der Waals surface area contributed by atoms with Gasteiger partial charge in [-0.05, 0) is 30.3 Å². The van der Waals surface area contributed by atoms with Crippen molar-refractivity contribution in [1.82, 2.24) is 0 Å². The van der Waals surface area contributed by atoms with Crippen LogP contribution in [0.15, 0.2) is 42.5 Å². The first-order chi connectivity index (χ1) is 9.49. The van der Waals surface area contributed by atoms with Crippen molar-refractivity contribution in [3.8, 4) is 0 Å². The van der Waals surface area contributed by atoms with Crippen LogP contribution < -0.4 is 11.1 Å². The molecule has 5 nitrogen and oxygen atoms in total. The molecule has 0 atom stereocenters. The first-order valence-corrected chi connectivity index (χ1v) is 5.67. The third-order valence-electron chi connectivity index (χ3n) is 2.67. The quantitative estimate of drug-likeness (QED) is 0.749. The summed E-state index contributed by atoms with van der Waals surface area (Å²) in [6, 6.07) is 9.35. The van der Waals surface area contributed by atoms with Gasteiger partial charge in [0.05, 0.1) is 16.8 Å². The van der Waals surface area contributed by atoms with E-state index < -0.39 is 17.7 Å². The van der Waals surface area contributed by atoms with E-state index in [1.54, 1.807) is 18.2 Å². The average Bonchev–Trinajstić information content (AvgIpc) is 2.38. The molecule has 0 aliphatic heterocycles. The van der Waals surface area contributed by atoms with Crippen LogP contribution in [0.1, 0.15) is 20.7 Å². The largest absolute Gasteiger partial charge is 0.478 e. The highest BCUT2D eigenvalue weighted by Crippen LogP contribution is 2.19. The molecule has 20 heavy (non-hydrogen) atoms. The molecule has 0 fully saturated rings. The molecular weight excluding hydrogens is 263 g/mol. The molecule has 0 unspecified atom stereocenters. The third-order valence-corrected chi connectivity index (χ3v) is 2.67. The summed E-state index contributed by atoms with van der Waals surface area (Å²) in [4.78, 5) is 23.0. The fourth-order valence-electron chi connectivity index (χ4n) is 1.70. The Labute approximate surface area is 113 Å². The van der Waals surface area contributed by atoms with Gasteiger partial charge < -0.3 is 16.2 Å². The molecule has 6 heteroatoms. The lowest BCUT2D eigenvalue weighted by atomic mass is 10.1. The molecule has 2 aromatic carbocycles. The SMILES string of the molecule is Nc1ccccc1C(=O)Nc1cc(F)ccc1C(=O)O. The molecule has 0 aliphatic carbocycles. The van der Waals surface area contributed by atoms with E-state index in [0.717, 1.165) is 18.2 Å². The van der Waals surface area contributed by atoms with Gasteiger partial charge in [-0.25, -0.2) is 9.18 Å². The number of para-hydroxylation sites is 1. The Balaban J connectivity index is 2.35. The van der Waals surface area contributed by atoms with Crippen molar-refractivity contribution in [1.29, 1.82) is 0 Å². The molecule has 0 saturated heterocycles. The van der Waals surface area contributed by atoms with Crippen molar-refractivity contribution in [2.24, 2.45) is 0 Å². The molecule has 2 aromatic rings. The summed E-state index contributed by atoms with van der Waals surface area (Å²) in [7, 11) is 0. The summed E-state index contributed by atoms with van der Waals surface area (Å²) < 4.78 is 13.2. The first kappa shape index (κ1) is 13.5. The van der Waals surface area contributed by atoms with Crippen LogP contribution in [0.4, 0.5) is 15.8 Å². The van der Waals surface area contributed by atoms with Crippen LogP contribution in [0.3, 0.4) is 0 Å². The highest BCUT2D eigenvalue weighted by molar-refractivity contribution is 6.10. The highest BCUT2D eigenvalue weighted by atomic mass is 19.1. The van der Waals surface area contributed by atoms with E-state index in [-0.39, 0.29) is 22.5 Å². The maximum absolute atomic E-state index is 13.2. The maximum atomic E-state index is 13.2. The second kappa shape index (κ2) is 5.40. The van der Waals surface area contributed by atoms with Crippen LogP contribution in [0.2, 0.25) is 0 Å². The van der Waals surface area contributed by atoms with Crippen LogP contribution in [-0.4, -0.2) is 17.0 Å². The van der Waals surface area contributed by atoms with Gasteiger partial charge >= 0.3 is 5.97 Å². The van der Waals surface area contributed by atoms with E-state index in [0.29, 0.717) is 0 Å². The van der Waals surface area contributed by atoms with E-state index in [4.69, 9.17) is 10.8 Å². The summed E-state index contributed by atoms with van der Waals surface area (Å²) in [5.74, 6) is -2.51. The molecule has 1 amide bonds. The van der Waals surface area contributed by atoms with E-state index in [9.17, 15) is 14.0 Å². The first-order valence-electron chi connectivity index (χ1n) is 5.67. The van der Waals surface area contributed by atoms with Crippen LogP contribution >= 0.6 is 0 Å². The number of carboxylic acids is 1. The fourth-order valence-corrected chi connectivity index (χ4v) is 1.70. The summed E-state index contributed by atoms with van der Waals surface area (Å²) >= 11 is 0. The van der Waals surface area contributed by atoms with E-state index in [1.165, 1.54) is 6.07 Å². The molecule has 4 N–H and O–H groups in total. The normalized spacial score (nSPS) is 10.1. The van der Waals surface area contributed by atoms with E-state index >= 15 is 0 Å². The van der Waals surface area contributed by atoms with Crippen LogP contribution in [0.25, 0.3) is 0 Å². The predicted octanol–water partition coefficient (Wildman–Crippen LogP) is 2.36. The van der Waals surface area contributed by atoms with Crippen LogP contribution in [0.5, 0.6) is 0 Å². The molecule has 0 bridgehead atoms. The van der Waals surface area contributed by atoms with Gasteiger partial charge in [-0.2, -0.15) is 0 Å². The van der Waals surface area contributed by atoms with Crippen molar-refractivity contribution >= 4 is 23.3 Å². The topological polar surface area (TPSA) is 92.4 Å². The van der Waals surface area contributed by atoms with Gasteiger partial charge in [-0.1, -0.05) is 12.1 Å². The molecule has 0 saturated carbocycles. The van der Waals surface area contributed by atoms with Crippen molar-refractivity contribution < 1.29 is 19.1 Å². The second-order valence-corrected chi connectivity index (χ2v) is 4.04. The number of rotatable bonds is 3. The lowest BCUT2D eigenvalue weighted by Gasteiger charge is -2.10. The van der Waals surface area contributed by atoms with Gasteiger partial charge in [0.1, 0.15) is 5.82 Å². The molecule has 0 radical (unpaired) electrons. The smallest absolute Gasteiger partial charge is 0.337 e. The van der Waals surface area contributed by atoms with Crippen LogP contribution in [-0.2, 0) is 0 Å². The zero-order valence-electron chi connectivity index (χ0n) is 10.3. The number of nitrogens with two attached hydrogens (primary N) is 1. The molecule has 2 rings (SSSR count). The Kier molecular flexibility index (Phi) is 3.65. The van der Waals surface area contributed by atoms with E-state index in [2.05, 4.69) is 5.32 Å². The molecule has 0 aromatic heterocycles. The number of nitrogens with one attached hydrogen (secondary N) is 1. The third kappa shape index (κ3) is 2.74. The number of benzene rings is 2. The predicted molar refractivity (Wildman–Crippen MR) is 72.2 cm³/mol. The molecule has 0 spiro atoms. The summed E-state index contributed by atoms with van der Waals surface area (Å²) in [5, 5.41) is 11.3. The molecular formula is C14H11FN2O3. The Hall–Kier alpha value is -2.89. The number of nitrogen functional groups attached to an aromatic ring is 1. The zero-order chi connectivity index (χ0) is 14.7. The van der Waals surface area contributed by atoms with Gasteiger partial charge in [0.15, 0.2) is 0 Å². The lowest BCUT2D eigenvalue weighted by molar-refractivity contribution is 0.0698. The Morgan fingerprint density at radius 1 is 1.10 bits per heavy atom. The maximum Gasteiger partial charge on any atom is 0.337 e. The van der Waals surface area contributed by atoms with Crippen molar-refractivity contribution in [2.45, 2.75) is 0 Å². The minimum absolute atomic E-state index is 0.120. The molecule has 0 aliphatic rings. The fraction of sp³-hybridized carbons (Fsp3) is 0. The standard InChI is InChI=1S/C14H11FN2O3/c15-8-5-6-10(14(19)20)12(7-8)17-13(18)9-3-1-2-4-11(9)16/h1-7H,16H2,(H,17,18)(H,19,20).